The highest BCUT2D eigenvalue weighted by molar-refractivity contribution is 5.99. The maximum absolute atomic E-state index is 13.2. The van der Waals surface area contributed by atoms with Crippen LogP contribution >= 0.6 is 0 Å². The summed E-state index contributed by atoms with van der Waals surface area (Å²) < 4.78 is 7.53. The van der Waals surface area contributed by atoms with E-state index < -0.39 is 5.43 Å². The average Bonchev–Trinajstić information content (AvgIpc) is 3.23. The van der Waals surface area contributed by atoms with Crippen molar-refractivity contribution in [3.8, 4) is 0 Å². The number of nitrogens with zero attached hydrogens (tertiary/aromatic N) is 2. The number of carbonyl (C=O) groups excluding carboxylic acids is 2. The zero-order valence-corrected chi connectivity index (χ0v) is 19.9. The molecule has 1 aliphatic heterocycles. The van der Waals surface area contributed by atoms with Crippen molar-refractivity contribution in [3.63, 3.8) is 0 Å². The number of aromatic nitrogens is 1. The molecule has 1 aliphatic carbocycles. The molecular formula is C25H39N3O4. The van der Waals surface area contributed by atoms with Crippen molar-refractivity contribution in [2.75, 3.05) is 20.2 Å². The van der Waals surface area contributed by atoms with Gasteiger partial charge in [-0.05, 0) is 31.6 Å². The Kier molecular flexibility index (Phi) is 8.91. The fourth-order valence-corrected chi connectivity index (χ4v) is 4.77. The maximum atomic E-state index is 13.2. The summed E-state index contributed by atoms with van der Waals surface area (Å²) in [7, 11) is 1.70. The summed E-state index contributed by atoms with van der Waals surface area (Å²) in [6.07, 6.45) is 12.8. The zero-order chi connectivity index (χ0) is 23.1. The van der Waals surface area contributed by atoms with E-state index in [-0.39, 0.29) is 41.0 Å². The molecule has 2 aliphatic rings. The van der Waals surface area contributed by atoms with Crippen molar-refractivity contribution in [2.24, 2.45) is 5.92 Å². The Labute approximate surface area is 191 Å². The molecule has 2 heterocycles. The van der Waals surface area contributed by atoms with Crippen molar-refractivity contribution in [3.05, 3.63) is 33.7 Å². The van der Waals surface area contributed by atoms with E-state index >= 15 is 0 Å². The van der Waals surface area contributed by atoms with Crippen LogP contribution in [0.1, 0.15) is 92.4 Å². The van der Waals surface area contributed by atoms with E-state index in [0.717, 1.165) is 45.1 Å². The SMILES string of the molecule is CC(C)CN(C)C(=O)c1cn(C[C@@H]2CCCO2)cc(C(=O)NC2CCCCCCC2)c1=O. The van der Waals surface area contributed by atoms with Gasteiger partial charge >= 0.3 is 0 Å². The van der Waals surface area contributed by atoms with Crippen molar-refractivity contribution < 1.29 is 14.3 Å². The van der Waals surface area contributed by atoms with Gasteiger partial charge in [-0.25, -0.2) is 0 Å². The number of rotatable bonds is 7. The van der Waals surface area contributed by atoms with E-state index in [0.29, 0.717) is 13.1 Å². The molecule has 178 valence electrons. The van der Waals surface area contributed by atoms with E-state index in [1.807, 2.05) is 13.8 Å². The van der Waals surface area contributed by atoms with Gasteiger partial charge in [0.25, 0.3) is 11.8 Å². The molecule has 2 amide bonds. The molecular weight excluding hydrogens is 406 g/mol. The van der Waals surface area contributed by atoms with Gasteiger partial charge in [0.1, 0.15) is 11.1 Å². The van der Waals surface area contributed by atoms with Gasteiger partial charge in [-0.15, -0.1) is 0 Å². The summed E-state index contributed by atoms with van der Waals surface area (Å²) >= 11 is 0. The number of carbonyl (C=O) groups is 2. The molecule has 0 radical (unpaired) electrons. The molecule has 2 fully saturated rings. The second-order valence-electron chi connectivity index (χ2n) is 9.84. The van der Waals surface area contributed by atoms with Gasteiger partial charge in [-0.2, -0.15) is 0 Å². The molecule has 1 aromatic rings. The molecule has 1 atom stereocenters. The van der Waals surface area contributed by atoms with Crippen LogP contribution in [0.2, 0.25) is 0 Å². The number of nitrogens with one attached hydrogen (secondary N) is 1. The minimum Gasteiger partial charge on any atom is -0.376 e. The summed E-state index contributed by atoms with van der Waals surface area (Å²) in [4.78, 5) is 41.1. The van der Waals surface area contributed by atoms with Crippen molar-refractivity contribution in [1.29, 1.82) is 0 Å². The Morgan fingerprint density at radius 3 is 2.34 bits per heavy atom. The number of hydrogen-bond donors (Lipinski definition) is 1. The largest absolute Gasteiger partial charge is 0.376 e. The van der Waals surface area contributed by atoms with Crippen LogP contribution in [0.5, 0.6) is 0 Å². The molecule has 0 bridgehead atoms. The molecule has 0 spiro atoms. The third-order valence-corrected chi connectivity index (χ3v) is 6.42. The normalized spacial score (nSPS) is 20.1. The van der Waals surface area contributed by atoms with E-state index in [9.17, 15) is 14.4 Å². The van der Waals surface area contributed by atoms with Gasteiger partial charge < -0.3 is 19.5 Å². The number of ether oxygens (including phenoxy) is 1. The molecule has 0 aromatic carbocycles. The van der Waals surface area contributed by atoms with Crippen LogP contribution in [0.3, 0.4) is 0 Å². The first-order chi connectivity index (χ1) is 15.3. The lowest BCUT2D eigenvalue weighted by Gasteiger charge is -2.22. The Bertz CT molecular complexity index is 834. The van der Waals surface area contributed by atoms with Crippen LogP contribution < -0.4 is 10.7 Å². The first-order valence-corrected chi connectivity index (χ1v) is 12.3. The summed E-state index contributed by atoms with van der Waals surface area (Å²) in [6.45, 7) is 5.85. The van der Waals surface area contributed by atoms with Crippen molar-refractivity contribution >= 4 is 11.8 Å². The Morgan fingerprint density at radius 1 is 1.06 bits per heavy atom. The van der Waals surface area contributed by atoms with E-state index in [4.69, 9.17) is 4.74 Å². The fraction of sp³-hybridized carbons (Fsp3) is 0.720. The smallest absolute Gasteiger partial charge is 0.259 e. The van der Waals surface area contributed by atoms with Crippen LogP contribution in [-0.4, -0.2) is 53.6 Å². The number of pyridine rings is 1. The molecule has 32 heavy (non-hydrogen) atoms. The predicted molar refractivity (Wildman–Crippen MR) is 125 cm³/mol. The highest BCUT2D eigenvalue weighted by Crippen LogP contribution is 2.18. The second-order valence-corrected chi connectivity index (χ2v) is 9.84. The quantitative estimate of drug-likeness (QED) is 0.695. The van der Waals surface area contributed by atoms with Gasteiger partial charge in [-0.1, -0.05) is 46.0 Å². The highest BCUT2D eigenvalue weighted by atomic mass is 16.5. The summed E-state index contributed by atoms with van der Waals surface area (Å²) in [5, 5.41) is 3.08. The lowest BCUT2D eigenvalue weighted by Crippen LogP contribution is -2.40. The van der Waals surface area contributed by atoms with Crippen LogP contribution in [0, 0.1) is 5.92 Å². The highest BCUT2D eigenvalue weighted by Gasteiger charge is 2.25. The minimum atomic E-state index is -0.488. The molecule has 1 aromatic heterocycles. The minimum absolute atomic E-state index is 0.0374. The number of amides is 2. The van der Waals surface area contributed by atoms with Gasteiger partial charge in [0, 0.05) is 45.2 Å². The van der Waals surface area contributed by atoms with Crippen LogP contribution in [-0.2, 0) is 11.3 Å². The maximum Gasteiger partial charge on any atom is 0.259 e. The monoisotopic (exact) mass is 445 g/mol. The van der Waals surface area contributed by atoms with E-state index in [2.05, 4.69) is 5.32 Å². The summed E-state index contributed by atoms with van der Waals surface area (Å²) in [5.41, 5.74) is -0.386. The average molecular weight is 446 g/mol. The van der Waals surface area contributed by atoms with Crippen molar-refractivity contribution in [1.82, 2.24) is 14.8 Å². The molecule has 3 rings (SSSR count). The summed E-state index contributed by atoms with van der Waals surface area (Å²) in [5.74, 6) is -0.433. The number of hydrogen-bond acceptors (Lipinski definition) is 4. The third-order valence-electron chi connectivity index (χ3n) is 6.42. The predicted octanol–water partition coefficient (Wildman–Crippen LogP) is 3.60. The lowest BCUT2D eigenvalue weighted by molar-refractivity contribution is 0.0774. The van der Waals surface area contributed by atoms with Gasteiger partial charge in [-0.3, -0.25) is 14.4 Å². The van der Waals surface area contributed by atoms with Crippen LogP contribution in [0.15, 0.2) is 17.2 Å². The Balaban J connectivity index is 1.87. The van der Waals surface area contributed by atoms with Gasteiger partial charge in [0.2, 0.25) is 5.43 Å². The topological polar surface area (TPSA) is 80.6 Å². The fourth-order valence-electron chi connectivity index (χ4n) is 4.77. The second kappa shape index (κ2) is 11.6. The van der Waals surface area contributed by atoms with Crippen LogP contribution in [0.25, 0.3) is 0 Å². The zero-order valence-electron chi connectivity index (χ0n) is 19.9. The van der Waals surface area contributed by atoms with E-state index in [1.54, 1.807) is 28.9 Å². The Morgan fingerprint density at radius 2 is 1.72 bits per heavy atom. The standard InChI is InChI=1S/C25H39N3O4/c1-18(2)14-27(3)25(31)22-17-28(15-20-12-9-13-32-20)16-21(23(22)29)24(30)26-19-10-7-5-4-6-8-11-19/h16-20H,4-15H2,1-3H3,(H,26,30)/t20-/m0/s1. The Hall–Kier alpha value is -2.15. The lowest BCUT2D eigenvalue weighted by atomic mass is 9.96. The van der Waals surface area contributed by atoms with E-state index in [1.165, 1.54) is 19.3 Å². The summed E-state index contributed by atoms with van der Waals surface area (Å²) in [6, 6.07) is 0.0804. The third kappa shape index (κ3) is 6.67. The molecule has 0 unspecified atom stereocenters. The van der Waals surface area contributed by atoms with Gasteiger partial charge in [0.15, 0.2) is 0 Å². The van der Waals surface area contributed by atoms with Crippen LogP contribution in [0.4, 0.5) is 0 Å². The molecule has 7 nitrogen and oxygen atoms in total. The molecule has 1 saturated carbocycles. The molecule has 1 saturated heterocycles. The first-order valence-electron chi connectivity index (χ1n) is 12.3. The molecule has 1 N–H and O–H groups in total. The van der Waals surface area contributed by atoms with Crippen molar-refractivity contribution in [2.45, 2.75) is 90.3 Å². The van der Waals surface area contributed by atoms with Gasteiger partial charge in [0.05, 0.1) is 6.10 Å². The first kappa shape index (κ1) is 24.5. The molecule has 7 heteroatoms.